The summed E-state index contributed by atoms with van der Waals surface area (Å²) in [6.45, 7) is 1.65. The minimum Gasteiger partial charge on any atom is -0.481 e. The molecule has 2 aromatic carbocycles. The van der Waals surface area contributed by atoms with Gasteiger partial charge in [-0.05, 0) is 49.4 Å². The van der Waals surface area contributed by atoms with E-state index in [1.807, 2.05) is 12.1 Å². The first-order chi connectivity index (χ1) is 9.54. The van der Waals surface area contributed by atoms with E-state index >= 15 is 0 Å². The van der Waals surface area contributed by atoms with Crippen LogP contribution in [0.4, 0.5) is 10.1 Å². The van der Waals surface area contributed by atoms with E-state index in [4.69, 9.17) is 4.74 Å². The van der Waals surface area contributed by atoms with Crippen LogP contribution in [0.3, 0.4) is 0 Å². The number of rotatable bonds is 4. The number of hydrogen-bond acceptors (Lipinski definition) is 2. The lowest BCUT2D eigenvalue weighted by molar-refractivity contribution is -0.122. The van der Waals surface area contributed by atoms with Crippen molar-refractivity contribution in [1.29, 1.82) is 0 Å². The van der Waals surface area contributed by atoms with Gasteiger partial charge in [-0.15, -0.1) is 0 Å². The first-order valence-electron chi connectivity index (χ1n) is 6.03. The van der Waals surface area contributed by atoms with Crippen molar-refractivity contribution in [2.24, 2.45) is 0 Å². The number of benzene rings is 2. The molecular weight excluding hydrogens is 325 g/mol. The van der Waals surface area contributed by atoms with E-state index in [2.05, 4.69) is 21.2 Å². The fraction of sp³-hybridized carbons (Fsp3) is 0.133. The summed E-state index contributed by atoms with van der Waals surface area (Å²) in [5.41, 5.74) is 0.529. The summed E-state index contributed by atoms with van der Waals surface area (Å²) >= 11 is 3.33. The van der Waals surface area contributed by atoms with Gasteiger partial charge in [0.15, 0.2) is 6.10 Å². The summed E-state index contributed by atoms with van der Waals surface area (Å²) in [6.07, 6.45) is -0.658. The van der Waals surface area contributed by atoms with Crippen LogP contribution in [0.25, 0.3) is 0 Å². The molecule has 1 amide bonds. The van der Waals surface area contributed by atoms with Gasteiger partial charge in [0.25, 0.3) is 5.91 Å². The average Bonchev–Trinajstić information content (AvgIpc) is 2.41. The van der Waals surface area contributed by atoms with Crippen LogP contribution in [-0.2, 0) is 4.79 Å². The maximum absolute atomic E-state index is 12.8. The van der Waals surface area contributed by atoms with Crippen molar-refractivity contribution < 1.29 is 13.9 Å². The van der Waals surface area contributed by atoms with Gasteiger partial charge in [0.2, 0.25) is 0 Å². The molecular formula is C15H13BrFNO2. The van der Waals surface area contributed by atoms with Gasteiger partial charge in [-0.25, -0.2) is 4.39 Å². The number of anilines is 1. The number of carbonyl (C=O) groups excluding carboxylic acids is 1. The lowest BCUT2D eigenvalue weighted by Gasteiger charge is -2.14. The average molecular weight is 338 g/mol. The Balaban J connectivity index is 1.96. The van der Waals surface area contributed by atoms with Crippen molar-refractivity contribution in [3.05, 3.63) is 58.8 Å². The predicted molar refractivity (Wildman–Crippen MR) is 79.3 cm³/mol. The molecule has 1 N–H and O–H groups in total. The third kappa shape index (κ3) is 4.06. The summed E-state index contributed by atoms with van der Waals surface area (Å²) in [6, 6.07) is 12.8. The van der Waals surface area contributed by atoms with Crippen molar-refractivity contribution in [2.75, 3.05) is 5.32 Å². The van der Waals surface area contributed by atoms with Crippen LogP contribution in [0.5, 0.6) is 5.75 Å². The molecule has 0 bridgehead atoms. The highest BCUT2D eigenvalue weighted by Gasteiger charge is 2.14. The highest BCUT2D eigenvalue weighted by Crippen LogP contribution is 2.19. The minimum absolute atomic E-state index is 0.295. The fourth-order valence-electron chi connectivity index (χ4n) is 1.58. The number of amides is 1. The normalized spacial score (nSPS) is 11.8. The van der Waals surface area contributed by atoms with Crippen LogP contribution >= 0.6 is 15.9 Å². The van der Waals surface area contributed by atoms with E-state index < -0.39 is 6.10 Å². The zero-order valence-corrected chi connectivity index (χ0v) is 12.4. The Morgan fingerprint density at radius 1 is 1.25 bits per heavy atom. The van der Waals surface area contributed by atoms with Gasteiger partial charge >= 0.3 is 0 Å². The smallest absolute Gasteiger partial charge is 0.265 e. The van der Waals surface area contributed by atoms with E-state index in [1.54, 1.807) is 19.1 Å². The maximum Gasteiger partial charge on any atom is 0.265 e. The van der Waals surface area contributed by atoms with Crippen molar-refractivity contribution in [2.45, 2.75) is 13.0 Å². The number of hydrogen-bond donors (Lipinski definition) is 1. The van der Waals surface area contributed by atoms with Crippen molar-refractivity contribution >= 4 is 27.5 Å². The lowest BCUT2D eigenvalue weighted by Crippen LogP contribution is -2.30. The van der Waals surface area contributed by atoms with E-state index in [0.717, 1.165) is 4.47 Å². The summed E-state index contributed by atoms with van der Waals surface area (Å²) in [5, 5.41) is 2.66. The number of carbonyl (C=O) groups is 1. The summed E-state index contributed by atoms with van der Waals surface area (Å²) in [4.78, 5) is 11.9. The van der Waals surface area contributed by atoms with Crippen LogP contribution in [0.1, 0.15) is 6.92 Å². The van der Waals surface area contributed by atoms with Gasteiger partial charge in [0.1, 0.15) is 11.6 Å². The Kier molecular flexibility index (Phi) is 4.74. The second-order valence-electron chi connectivity index (χ2n) is 4.21. The van der Waals surface area contributed by atoms with E-state index in [0.29, 0.717) is 11.4 Å². The molecule has 3 nitrogen and oxygen atoms in total. The molecule has 0 aliphatic heterocycles. The van der Waals surface area contributed by atoms with Gasteiger partial charge in [0.05, 0.1) is 0 Å². The highest BCUT2D eigenvalue weighted by atomic mass is 79.9. The van der Waals surface area contributed by atoms with Crippen LogP contribution in [0.15, 0.2) is 53.0 Å². The van der Waals surface area contributed by atoms with Crippen molar-refractivity contribution in [1.82, 2.24) is 0 Å². The maximum atomic E-state index is 12.8. The molecule has 0 saturated heterocycles. The van der Waals surface area contributed by atoms with E-state index in [9.17, 15) is 9.18 Å². The summed E-state index contributed by atoms with van der Waals surface area (Å²) < 4.78 is 19.2. The Hall–Kier alpha value is -1.88. The van der Waals surface area contributed by atoms with Gasteiger partial charge < -0.3 is 10.1 Å². The molecule has 0 saturated carbocycles. The SMILES string of the molecule is C[C@H](Oc1cccc(Br)c1)C(=O)Nc1ccc(F)cc1. The van der Waals surface area contributed by atoms with Gasteiger partial charge in [-0.3, -0.25) is 4.79 Å². The van der Waals surface area contributed by atoms with Crippen LogP contribution in [0.2, 0.25) is 0 Å². The fourth-order valence-corrected chi connectivity index (χ4v) is 1.95. The molecule has 20 heavy (non-hydrogen) atoms. The standard InChI is InChI=1S/C15H13BrFNO2/c1-10(20-14-4-2-3-11(16)9-14)15(19)18-13-7-5-12(17)6-8-13/h2-10H,1H3,(H,18,19)/t10-/m0/s1. The number of nitrogens with one attached hydrogen (secondary N) is 1. The van der Waals surface area contributed by atoms with Crippen LogP contribution in [-0.4, -0.2) is 12.0 Å². The third-order valence-electron chi connectivity index (χ3n) is 2.59. The topological polar surface area (TPSA) is 38.3 Å². The molecule has 5 heteroatoms. The molecule has 0 radical (unpaired) electrons. The van der Waals surface area contributed by atoms with Crippen LogP contribution < -0.4 is 10.1 Å². The Labute approximate surface area is 124 Å². The predicted octanol–water partition coefficient (Wildman–Crippen LogP) is 3.99. The molecule has 0 unspecified atom stereocenters. The Morgan fingerprint density at radius 2 is 1.95 bits per heavy atom. The second kappa shape index (κ2) is 6.52. The monoisotopic (exact) mass is 337 g/mol. The molecule has 2 aromatic rings. The molecule has 0 fully saturated rings. The van der Waals surface area contributed by atoms with Gasteiger partial charge in [-0.2, -0.15) is 0 Å². The summed E-state index contributed by atoms with van der Waals surface area (Å²) in [7, 11) is 0. The number of halogens is 2. The van der Waals surface area contributed by atoms with E-state index in [-0.39, 0.29) is 11.7 Å². The van der Waals surface area contributed by atoms with Crippen molar-refractivity contribution in [3.8, 4) is 5.75 Å². The lowest BCUT2D eigenvalue weighted by atomic mass is 10.3. The Morgan fingerprint density at radius 3 is 2.60 bits per heavy atom. The van der Waals surface area contributed by atoms with E-state index in [1.165, 1.54) is 24.3 Å². The summed E-state index contributed by atoms with van der Waals surface area (Å²) in [5.74, 6) is -0.0425. The molecule has 0 spiro atoms. The molecule has 0 heterocycles. The third-order valence-corrected chi connectivity index (χ3v) is 3.08. The Bertz CT molecular complexity index is 601. The first kappa shape index (κ1) is 14.5. The highest BCUT2D eigenvalue weighted by molar-refractivity contribution is 9.10. The molecule has 0 aromatic heterocycles. The quantitative estimate of drug-likeness (QED) is 0.915. The zero-order valence-electron chi connectivity index (χ0n) is 10.8. The minimum atomic E-state index is -0.658. The molecule has 1 atom stereocenters. The molecule has 104 valence electrons. The van der Waals surface area contributed by atoms with Gasteiger partial charge in [-0.1, -0.05) is 22.0 Å². The first-order valence-corrected chi connectivity index (χ1v) is 6.82. The van der Waals surface area contributed by atoms with Crippen molar-refractivity contribution in [3.63, 3.8) is 0 Å². The second-order valence-corrected chi connectivity index (χ2v) is 5.13. The van der Waals surface area contributed by atoms with Crippen LogP contribution in [0, 0.1) is 5.82 Å². The van der Waals surface area contributed by atoms with Gasteiger partial charge in [0, 0.05) is 10.2 Å². The number of ether oxygens (including phenoxy) is 1. The molecule has 0 aliphatic carbocycles. The zero-order chi connectivity index (χ0) is 14.5. The molecule has 2 rings (SSSR count). The molecule has 0 aliphatic rings. The largest absolute Gasteiger partial charge is 0.481 e.